The number of hydrogen-bond acceptors (Lipinski definition) is 11. The number of carbonyl (C=O) groups excluding carboxylic acids is 2. The largest absolute Gasteiger partial charge is 0.463 e. The van der Waals surface area contributed by atoms with Crippen molar-refractivity contribution < 1.29 is 54.1 Å². The highest BCUT2D eigenvalue weighted by Crippen LogP contribution is 2.26. The first kappa shape index (κ1) is 25.7. The number of rotatable bonds is 12. The molecule has 1 aliphatic heterocycles. The van der Waals surface area contributed by atoms with E-state index in [1.54, 1.807) is 0 Å². The third-order valence-corrected chi connectivity index (χ3v) is 4.41. The van der Waals surface area contributed by atoms with E-state index in [9.17, 15) is 30.0 Å². The smallest absolute Gasteiger partial charge is 0.306 e. The number of esters is 2. The van der Waals surface area contributed by atoms with Gasteiger partial charge in [-0.05, 0) is 6.42 Å². The monoisotopic (exact) mass is 424 g/mol. The summed E-state index contributed by atoms with van der Waals surface area (Å²) in [5, 5.41) is 48.8. The molecule has 1 heterocycles. The minimum atomic E-state index is -1.60. The summed E-state index contributed by atoms with van der Waals surface area (Å²) in [6.45, 7) is 1.53. The molecular formula is C18H32O11. The van der Waals surface area contributed by atoms with Gasteiger partial charge in [0.1, 0.15) is 37.1 Å². The van der Waals surface area contributed by atoms with Gasteiger partial charge in [0.05, 0.1) is 13.2 Å². The number of aliphatic hydroxyl groups is 5. The summed E-state index contributed by atoms with van der Waals surface area (Å²) >= 11 is 0. The Morgan fingerprint density at radius 1 is 1.10 bits per heavy atom. The fraction of sp³-hybridized carbons (Fsp3) is 0.889. The SMILES string of the molecule is CCCCCC(=O)OC1C(O)C(COC(C)=O)OC(OCC(O)C(O)CO)C1O. The molecule has 0 radical (unpaired) electrons. The normalized spacial score (nSPS) is 29.1. The molecule has 11 nitrogen and oxygen atoms in total. The van der Waals surface area contributed by atoms with E-state index in [0.29, 0.717) is 6.42 Å². The van der Waals surface area contributed by atoms with Crippen molar-refractivity contribution in [3.63, 3.8) is 0 Å². The van der Waals surface area contributed by atoms with Crippen molar-refractivity contribution in [2.75, 3.05) is 19.8 Å². The van der Waals surface area contributed by atoms with Gasteiger partial charge in [-0.2, -0.15) is 0 Å². The van der Waals surface area contributed by atoms with Gasteiger partial charge in [-0.3, -0.25) is 9.59 Å². The van der Waals surface area contributed by atoms with Crippen LogP contribution in [0.5, 0.6) is 0 Å². The Labute approximate surface area is 169 Å². The van der Waals surface area contributed by atoms with E-state index < -0.39 is 68.1 Å². The molecule has 170 valence electrons. The minimum Gasteiger partial charge on any atom is -0.463 e. The minimum absolute atomic E-state index is 0.103. The van der Waals surface area contributed by atoms with Gasteiger partial charge in [-0.25, -0.2) is 0 Å². The quantitative estimate of drug-likeness (QED) is 0.177. The summed E-state index contributed by atoms with van der Waals surface area (Å²) in [6, 6.07) is 0. The van der Waals surface area contributed by atoms with Crippen LogP contribution in [-0.4, -0.2) is 100 Å². The molecule has 7 unspecified atom stereocenters. The van der Waals surface area contributed by atoms with Crippen molar-refractivity contribution >= 4 is 11.9 Å². The zero-order valence-electron chi connectivity index (χ0n) is 16.7. The molecule has 0 amide bonds. The Morgan fingerprint density at radius 3 is 2.38 bits per heavy atom. The maximum absolute atomic E-state index is 12.0. The lowest BCUT2D eigenvalue weighted by Gasteiger charge is -2.41. The van der Waals surface area contributed by atoms with Crippen LogP contribution in [0, 0.1) is 0 Å². The fourth-order valence-electron chi connectivity index (χ4n) is 2.67. The predicted octanol–water partition coefficient (Wildman–Crippen LogP) is -1.78. The predicted molar refractivity (Wildman–Crippen MR) is 96.4 cm³/mol. The highest BCUT2D eigenvalue weighted by atomic mass is 16.7. The number of ether oxygens (including phenoxy) is 4. The lowest BCUT2D eigenvalue weighted by molar-refractivity contribution is -0.308. The lowest BCUT2D eigenvalue weighted by atomic mass is 9.98. The number of carbonyl (C=O) groups is 2. The van der Waals surface area contributed by atoms with Gasteiger partial charge in [-0.15, -0.1) is 0 Å². The molecule has 5 N–H and O–H groups in total. The summed E-state index contributed by atoms with van der Waals surface area (Å²) in [7, 11) is 0. The highest BCUT2D eigenvalue weighted by Gasteiger charge is 2.48. The lowest BCUT2D eigenvalue weighted by Crippen LogP contribution is -2.61. The van der Waals surface area contributed by atoms with Crippen molar-refractivity contribution in [3.05, 3.63) is 0 Å². The molecule has 0 aromatic carbocycles. The fourth-order valence-corrected chi connectivity index (χ4v) is 2.67. The maximum atomic E-state index is 12.0. The first-order chi connectivity index (χ1) is 13.7. The standard InChI is InChI=1S/C18H32O11/c1-3-4-5-6-14(23)29-17-15(24)13(9-26-10(2)20)28-18(16(17)25)27-8-12(22)11(21)7-19/h11-13,15-19,21-22,24-25H,3-9H2,1-2H3. The van der Waals surface area contributed by atoms with Crippen LogP contribution in [0.3, 0.4) is 0 Å². The number of unbranched alkanes of at least 4 members (excludes halogenated alkanes) is 2. The maximum Gasteiger partial charge on any atom is 0.306 e. The zero-order valence-corrected chi connectivity index (χ0v) is 16.7. The first-order valence-corrected chi connectivity index (χ1v) is 9.64. The van der Waals surface area contributed by atoms with E-state index in [2.05, 4.69) is 0 Å². The number of aliphatic hydroxyl groups excluding tert-OH is 5. The first-order valence-electron chi connectivity index (χ1n) is 9.64. The Bertz CT molecular complexity index is 500. The van der Waals surface area contributed by atoms with Crippen LogP contribution >= 0.6 is 0 Å². The molecule has 0 saturated carbocycles. The van der Waals surface area contributed by atoms with E-state index in [1.165, 1.54) is 0 Å². The van der Waals surface area contributed by atoms with E-state index >= 15 is 0 Å². The van der Waals surface area contributed by atoms with Gasteiger partial charge in [0, 0.05) is 13.3 Å². The second kappa shape index (κ2) is 13.1. The Balaban J connectivity index is 2.81. The van der Waals surface area contributed by atoms with Crippen LogP contribution in [-0.2, 0) is 28.5 Å². The van der Waals surface area contributed by atoms with E-state index in [4.69, 9.17) is 24.1 Å². The van der Waals surface area contributed by atoms with Crippen LogP contribution in [0.4, 0.5) is 0 Å². The Morgan fingerprint density at radius 2 is 1.79 bits per heavy atom. The van der Waals surface area contributed by atoms with Crippen LogP contribution in [0.1, 0.15) is 39.5 Å². The second-order valence-corrected chi connectivity index (χ2v) is 6.89. The van der Waals surface area contributed by atoms with E-state index in [-0.39, 0.29) is 13.0 Å². The second-order valence-electron chi connectivity index (χ2n) is 6.89. The van der Waals surface area contributed by atoms with Gasteiger partial charge < -0.3 is 44.5 Å². The van der Waals surface area contributed by atoms with Crippen molar-refractivity contribution in [1.29, 1.82) is 0 Å². The van der Waals surface area contributed by atoms with Crippen LogP contribution < -0.4 is 0 Å². The van der Waals surface area contributed by atoms with E-state index in [1.807, 2.05) is 6.92 Å². The summed E-state index contributed by atoms with van der Waals surface area (Å²) in [5.41, 5.74) is 0. The Hall–Kier alpha value is -1.34. The van der Waals surface area contributed by atoms with Crippen molar-refractivity contribution in [2.24, 2.45) is 0 Å². The molecule has 0 bridgehead atoms. The molecule has 0 aromatic heterocycles. The van der Waals surface area contributed by atoms with Crippen molar-refractivity contribution in [3.8, 4) is 0 Å². The van der Waals surface area contributed by atoms with Crippen molar-refractivity contribution in [2.45, 2.75) is 82.4 Å². The van der Waals surface area contributed by atoms with Crippen LogP contribution in [0.15, 0.2) is 0 Å². The third-order valence-electron chi connectivity index (χ3n) is 4.41. The van der Waals surface area contributed by atoms with Gasteiger partial charge >= 0.3 is 11.9 Å². The van der Waals surface area contributed by atoms with Gasteiger partial charge in [0.25, 0.3) is 0 Å². The van der Waals surface area contributed by atoms with Crippen molar-refractivity contribution in [1.82, 2.24) is 0 Å². The van der Waals surface area contributed by atoms with Gasteiger partial charge in [0.2, 0.25) is 0 Å². The number of hydrogen-bond donors (Lipinski definition) is 5. The highest BCUT2D eigenvalue weighted by molar-refractivity contribution is 5.69. The molecule has 1 saturated heterocycles. The molecule has 1 fully saturated rings. The molecule has 7 atom stereocenters. The molecule has 1 aliphatic rings. The molecule has 0 aromatic rings. The van der Waals surface area contributed by atoms with Gasteiger partial charge in [-0.1, -0.05) is 19.8 Å². The molecule has 29 heavy (non-hydrogen) atoms. The summed E-state index contributed by atoms with van der Waals surface area (Å²) in [5.74, 6) is -1.25. The average molecular weight is 424 g/mol. The molecular weight excluding hydrogens is 392 g/mol. The zero-order chi connectivity index (χ0) is 22.0. The Kier molecular flexibility index (Phi) is 11.6. The average Bonchev–Trinajstić information content (AvgIpc) is 2.68. The summed E-state index contributed by atoms with van der Waals surface area (Å²) in [6.07, 6.45) is -7.65. The van der Waals surface area contributed by atoms with Crippen LogP contribution in [0.25, 0.3) is 0 Å². The van der Waals surface area contributed by atoms with Gasteiger partial charge in [0.15, 0.2) is 12.4 Å². The van der Waals surface area contributed by atoms with E-state index in [0.717, 1.165) is 19.8 Å². The third kappa shape index (κ3) is 8.51. The van der Waals surface area contributed by atoms with Crippen LogP contribution in [0.2, 0.25) is 0 Å². The topological polar surface area (TPSA) is 172 Å². The molecule has 11 heteroatoms. The summed E-state index contributed by atoms with van der Waals surface area (Å²) in [4.78, 5) is 23.1. The summed E-state index contributed by atoms with van der Waals surface area (Å²) < 4.78 is 20.7. The molecule has 1 rings (SSSR count). The molecule has 0 aliphatic carbocycles. The molecule has 0 spiro atoms.